The van der Waals surface area contributed by atoms with Gasteiger partial charge in [-0.25, -0.2) is 9.78 Å². The fourth-order valence-corrected chi connectivity index (χ4v) is 2.25. The Morgan fingerprint density at radius 2 is 1.70 bits per heavy atom. The van der Waals surface area contributed by atoms with Crippen LogP contribution in [0.3, 0.4) is 0 Å². The van der Waals surface area contributed by atoms with Gasteiger partial charge >= 0.3 is 11.9 Å². The van der Waals surface area contributed by atoms with Gasteiger partial charge in [-0.2, -0.15) is 0 Å². The van der Waals surface area contributed by atoms with Crippen molar-refractivity contribution in [2.45, 2.75) is 43.9 Å². The average molecular weight is 428 g/mol. The molecule has 1 aromatic rings. The number of hydrogen-bond acceptors (Lipinski definition) is 8. The third-order valence-corrected chi connectivity index (χ3v) is 3.89. The van der Waals surface area contributed by atoms with Gasteiger partial charge in [-0.05, 0) is 6.92 Å². The van der Waals surface area contributed by atoms with Crippen LogP contribution in [0.5, 0.6) is 0 Å². The number of H-pyrrole nitrogens is 1. The summed E-state index contributed by atoms with van der Waals surface area (Å²) in [4.78, 5) is 64.9. The first kappa shape index (κ1) is 24.5. The smallest absolute Gasteiger partial charge is 0.328 e. The van der Waals surface area contributed by atoms with E-state index in [1.54, 1.807) is 0 Å². The van der Waals surface area contributed by atoms with E-state index in [0.29, 0.717) is 5.69 Å². The van der Waals surface area contributed by atoms with E-state index in [-0.39, 0.29) is 6.42 Å². The Labute approximate surface area is 170 Å². The minimum absolute atomic E-state index is 0.0694. The lowest BCUT2D eigenvalue weighted by molar-refractivity contribution is -0.143. The van der Waals surface area contributed by atoms with Gasteiger partial charge < -0.3 is 42.0 Å². The molecular weight excluding hydrogens is 404 g/mol. The number of carboxylic acids is 2. The Morgan fingerprint density at radius 3 is 2.20 bits per heavy atom. The van der Waals surface area contributed by atoms with Crippen LogP contribution >= 0.6 is 0 Å². The van der Waals surface area contributed by atoms with Crippen LogP contribution in [0, 0.1) is 0 Å². The first-order chi connectivity index (χ1) is 14.0. The monoisotopic (exact) mass is 428 g/mol. The van der Waals surface area contributed by atoms with Crippen LogP contribution in [0.15, 0.2) is 12.5 Å². The van der Waals surface area contributed by atoms with Crippen LogP contribution in [0.25, 0.3) is 0 Å². The summed E-state index contributed by atoms with van der Waals surface area (Å²) in [5.74, 6) is -5.33. The van der Waals surface area contributed by atoms with Gasteiger partial charge in [-0.1, -0.05) is 0 Å². The van der Waals surface area contributed by atoms with E-state index in [0.717, 1.165) is 0 Å². The predicted molar refractivity (Wildman–Crippen MR) is 98.7 cm³/mol. The molecule has 0 aliphatic rings. The van der Waals surface area contributed by atoms with Crippen molar-refractivity contribution in [3.05, 3.63) is 18.2 Å². The van der Waals surface area contributed by atoms with Gasteiger partial charge in [0.2, 0.25) is 17.7 Å². The molecule has 1 rings (SSSR count). The number of carbonyl (C=O) groups is 5. The quantitative estimate of drug-likeness (QED) is 0.162. The number of imidazole rings is 1. The number of aliphatic carboxylic acids is 2. The molecule has 0 spiro atoms. The first-order valence-electron chi connectivity index (χ1n) is 8.74. The summed E-state index contributed by atoms with van der Waals surface area (Å²) in [7, 11) is 0. The summed E-state index contributed by atoms with van der Waals surface area (Å²) in [6, 6.07) is -5.39. The number of carboxylic acid groups (broad SMARTS) is 2. The molecule has 1 heterocycles. The molecule has 4 unspecified atom stereocenters. The van der Waals surface area contributed by atoms with Crippen LogP contribution < -0.4 is 21.7 Å². The van der Waals surface area contributed by atoms with E-state index in [1.165, 1.54) is 19.4 Å². The first-order valence-corrected chi connectivity index (χ1v) is 8.74. The summed E-state index contributed by atoms with van der Waals surface area (Å²) in [5.41, 5.74) is 5.96. The second-order valence-corrected chi connectivity index (χ2v) is 6.36. The maximum atomic E-state index is 12.6. The Hall–Kier alpha value is -3.52. The van der Waals surface area contributed by atoms with Crippen LogP contribution in [0.1, 0.15) is 19.0 Å². The molecule has 0 saturated heterocycles. The minimum Gasteiger partial charge on any atom is -0.481 e. The number of nitrogens with two attached hydrogens (primary N) is 1. The molecule has 4 atom stereocenters. The van der Waals surface area contributed by atoms with Gasteiger partial charge in [0.1, 0.15) is 18.1 Å². The molecule has 0 aliphatic carbocycles. The number of aromatic amines is 1. The SMILES string of the molecule is CC(NC(=O)C(Cc1cnc[nH]1)NC(=O)C(N)CC(=O)O)C(=O)NC(CO)C(=O)O. The van der Waals surface area contributed by atoms with Crippen molar-refractivity contribution in [2.75, 3.05) is 6.61 Å². The Balaban J connectivity index is 2.83. The second kappa shape index (κ2) is 11.5. The number of nitrogens with zero attached hydrogens (tertiary/aromatic N) is 1. The molecule has 3 amide bonds. The van der Waals surface area contributed by atoms with E-state index >= 15 is 0 Å². The fraction of sp³-hybridized carbons (Fsp3) is 0.500. The zero-order valence-electron chi connectivity index (χ0n) is 16.0. The van der Waals surface area contributed by atoms with E-state index < -0.39 is 66.9 Å². The maximum absolute atomic E-state index is 12.6. The van der Waals surface area contributed by atoms with E-state index in [1.807, 2.05) is 5.32 Å². The third kappa shape index (κ3) is 7.84. The summed E-state index contributed by atoms with van der Waals surface area (Å²) in [5, 5.41) is 33.2. The number of hydrogen-bond donors (Lipinski definition) is 8. The Bertz CT molecular complexity index is 768. The molecule has 14 nitrogen and oxygen atoms in total. The summed E-state index contributed by atoms with van der Waals surface area (Å²) >= 11 is 0. The lowest BCUT2D eigenvalue weighted by Gasteiger charge is -2.22. The van der Waals surface area contributed by atoms with Crippen LogP contribution in [-0.4, -0.2) is 85.7 Å². The zero-order chi connectivity index (χ0) is 22.8. The van der Waals surface area contributed by atoms with Crippen LogP contribution in [0.4, 0.5) is 0 Å². The molecular formula is C16H24N6O8. The van der Waals surface area contributed by atoms with Gasteiger partial charge in [0.05, 0.1) is 25.4 Å². The number of aliphatic hydroxyl groups excluding tert-OH is 1. The number of nitrogens with one attached hydrogen (secondary N) is 4. The number of carbonyl (C=O) groups excluding carboxylic acids is 3. The highest BCUT2D eigenvalue weighted by Gasteiger charge is 2.29. The standard InChI is InChI=1S/C16H24N6O8/c1-7(13(26)22-11(5-23)16(29)30)20-15(28)10(2-8-4-18-6-19-8)21-14(27)9(17)3-12(24)25/h4,6-7,9-11,23H,2-3,5,17H2,1H3,(H,18,19)(H,20,28)(H,21,27)(H,22,26)(H,24,25)(H,29,30). The van der Waals surface area contributed by atoms with Crippen molar-refractivity contribution >= 4 is 29.7 Å². The van der Waals surface area contributed by atoms with Gasteiger partial charge in [-0.15, -0.1) is 0 Å². The molecule has 30 heavy (non-hydrogen) atoms. The number of rotatable bonds is 12. The number of amides is 3. The predicted octanol–water partition coefficient (Wildman–Crippen LogP) is -3.69. The molecule has 14 heteroatoms. The van der Waals surface area contributed by atoms with Crippen molar-refractivity contribution in [1.82, 2.24) is 25.9 Å². The largest absolute Gasteiger partial charge is 0.481 e. The second-order valence-electron chi connectivity index (χ2n) is 6.36. The van der Waals surface area contributed by atoms with Crippen LogP contribution in [-0.2, 0) is 30.4 Å². The van der Waals surface area contributed by atoms with E-state index in [2.05, 4.69) is 20.6 Å². The van der Waals surface area contributed by atoms with E-state index in [9.17, 15) is 24.0 Å². The Morgan fingerprint density at radius 1 is 1.07 bits per heavy atom. The summed E-state index contributed by atoms with van der Waals surface area (Å²) in [6.45, 7) is 0.427. The topological polar surface area (TPSA) is 237 Å². The van der Waals surface area contributed by atoms with Crippen molar-refractivity contribution in [3.63, 3.8) is 0 Å². The van der Waals surface area contributed by atoms with Crippen molar-refractivity contribution in [1.29, 1.82) is 0 Å². The molecule has 9 N–H and O–H groups in total. The molecule has 0 fully saturated rings. The van der Waals surface area contributed by atoms with Crippen molar-refractivity contribution in [3.8, 4) is 0 Å². The van der Waals surface area contributed by atoms with Crippen molar-refractivity contribution in [2.24, 2.45) is 5.73 Å². The highest BCUT2D eigenvalue weighted by Crippen LogP contribution is 2.01. The van der Waals surface area contributed by atoms with Gasteiger partial charge in [-0.3, -0.25) is 19.2 Å². The molecule has 1 aromatic heterocycles. The number of aliphatic hydroxyl groups is 1. The Kier molecular flexibility index (Phi) is 9.38. The normalized spacial score (nSPS) is 14.6. The average Bonchev–Trinajstić information content (AvgIpc) is 3.17. The molecule has 0 bridgehead atoms. The van der Waals surface area contributed by atoms with Crippen LogP contribution in [0.2, 0.25) is 0 Å². The molecule has 0 saturated carbocycles. The molecule has 0 aliphatic heterocycles. The third-order valence-electron chi connectivity index (χ3n) is 3.89. The molecule has 166 valence electrons. The lowest BCUT2D eigenvalue weighted by Crippen LogP contribution is -2.57. The highest BCUT2D eigenvalue weighted by atomic mass is 16.4. The van der Waals surface area contributed by atoms with E-state index in [4.69, 9.17) is 21.1 Å². The molecule has 0 aromatic carbocycles. The number of aromatic nitrogens is 2. The summed E-state index contributed by atoms with van der Waals surface area (Å²) in [6.07, 6.45) is 2.03. The maximum Gasteiger partial charge on any atom is 0.328 e. The lowest BCUT2D eigenvalue weighted by atomic mass is 10.1. The highest BCUT2D eigenvalue weighted by molar-refractivity contribution is 5.94. The van der Waals surface area contributed by atoms with Gasteiger partial charge in [0.25, 0.3) is 0 Å². The molecule has 0 radical (unpaired) electrons. The fourth-order valence-electron chi connectivity index (χ4n) is 2.25. The minimum atomic E-state index is -1.55. The van der Waals surface area contributed by atoms with Crippen molar-refractivity contribution < 1.29 is 39.3 Å². The van der Waals surface area contributed by atoms with Gasteiger partial charge in [0, 0.05) is 18.3 Å². The van der Waals surface area contributed by atoms with Gasteiger partial charge in [0.15, 0.2) is 0 Å². The zero-order valence-corrected chi connectivity index (χ0v) is 16.0. The summed E-state index contributed by atoms with van der Waals surface area (Å²) < 4.78 is 0.